The smallest absolute Gasteiger partial charge is 0.0934 e. The SMILES string of the molecule is C/C(=C\CCN)c1ccc(Cl)s1. The van der Waals surface area contributed by atoms with Crippen molar-refractivity contribution in [2.45, 2.75) is 13.3 Å². The van der Waals surface area contributed by atoms with Crippen LogP contribution in [0.5, 0.6) is 0 Å². The number of allylic oxidation sites excluding steroid dienone is 1. The predicted octanol–water partition coefficient (Wildman–Crippen LogP) is 3.15. The average Bonchev–Trinajstić information content (AvgIpc) is 2.47. The van der Waals surface area contributed by atoms with Crippen LogP contribution in [0.3, 0.4) is 0 Å². The Balaban J connectivity index is 2.70. The third kappa shape index (κ3) is 2.63. The van der Waals surface area contributed by atoms with Crippen LogP contribution in [0.25, 0.3) is 5.57 Å². The molecule has 1 aromatic rings. The van der Waals surface area contributed by atoms with Gasteiger partial charge in [-0.15, -0.1) is 11.3 Å². The quantitative estimate of drug-likeness (QED) is 0.799. The molecule has 0 unspecified atom stereocenters. The normalized spacial score (nSPS) is 12.1. The molecule has 0 aliphatic carbocycles. The monoisotopic (exact) mass is 201 g/mol. The van der Waals surface area contributed by atoms with E-state index in [2.05, 4.69) is 13.0 Å². The van der Waals surface area contributed by atoms with Crippen molar-refractivity contribution in [1.82, 2.24) is 0 Å². The summed E-state index contributed by atoms with van der Waals surface area (Å²) in [6.07, 6.45) is 3.07. The highest BCUT2D eigenvalue weighted by Crippen LogP contribution is 2.27. The third-order valence-corrected chi connectivity index (χ3v) is 2.95. The van der Waals surface area contributed by atoms with Crippen molar-refractivity contribution in [3.05, 3.63) is 27.4 Å². The fraction of sp³-hybridized carbons (Fsp3) is 0.333. The minimum absolute atomic E-state index is 0.705. The van der Waals surface area contributed by atoms with E-state index >= 15 is 0 Å². The summed E-state index contributed by atoms with van der Waals surface area (Å²) in [6.45, 7) is 2.79. The van der Waals surface area contributed by atoms with Crippen molar-refractivity contribution in [2.24, 2.45) is 5.73 Å². The Bertz CT molecular complexity index is 278. The molecule has 0 bridgehead atoms. The van der Waals surface area contributed by atoms with E-state index in [1.807, 2.05) is 12.1 Å². The fourth-order valence-corrected chi connectivity index (χ4v) is 1.97. The van der Waals surface area contributed by atoms with Gasteiger partial charge in [0.1, 0.15) is 0 Å². The fourth-order valence-electron chi connectivity index (χ4n) is 0.927. The summed E-state index contributed by atoms with van der Waals surface area (Å²) in [6, 6.07) is 3.96. The van der Waals surface area contributed by atoms with Gasteiger partial charge in [-0.2, -0.15) is 0 Å². The van der Waals surface area contributed by atoms with Gasteiger partial charge in [0.05, 0.1) is 4.34 Å². The van der Waals surface area contributed by atoms with E-state index in [0.717, 1.165) is 10.8 Å². The first-order valence-corrected chi connectivity index (χ1v) is 5.06. The third-order valence-electron chi connectivity index (χ3n) is 1.58. The van der Waals surface area contributed by atoms with E-state index < -0.39 is 0 Å². The molecule has 66 valence electrons. The lowest BCUT2D eigenvalue weighted by atomic mass is 10.2. The molecule has 0 saturated heterocycles. The van der Waals surface area contributed by atoms with Gasteiger partial charge in [0.15, 0.2) is 0 Å². The highest BCUT2D eigenvalue weighted by molar-refractivity contribution is 7.17. The lowest BCUT2D eigenvalue weighted by molar-refractivity contribution is 1.01. The second kappa shape index (κ2) is 4.65. The maximum absolute atomic E-state index is 5.81. The minimum Gasteiger partial charge on any atom is -0.330 e. The average molecular weight is 202 g/mol. The molecule has 1 nitrogen and oxygen atoms in total. The molecule has 3 heteroatoms. The topological polar surface area (TPSA) is 26.0 Å². The van der Waals surface area contributed by atoms with Crippen molar-refractivity contribution in [3.8, 4) is 0 Å². The van der Waals surface area contributed by atoms with Crippen LogP contribution in [-0.4, -0.2) is 6.54 Å². The minimum atomic E-state index is 0.705. The van der Waals surface area contributed by atoms with E-state index in [-0.39, 0.29) is 0 Å². The van der Waals surface area contributed by atoms with Gasteiger partial charge in [-0.25, -0.2) is 0 Å². The largest absolute Gasteiger partial charge is 0.330 e. The molecule has 1 heterocycles. The molecular weight excluding hydrogens is 190 g/mol. The van der Waals surface area contributed by atoms with Crippen molar-refractivity contribution < 1.29 is 0 Å². The molecule has 0 radical (unpaired) electrons. The second-order valence-corrected chi connectivity index (χ2v) is 4.28. The Labute approximate surface area is 81.9 Å². The highest BCUT2D eigenvalue weighted by atomic mass is 35.5. The zero-order valence-corrected chi connectivity index (χ0v) is 8.58. The lowest BCUT2D eigenvalue weighted by Gasteiger charge is -1.94. The predicted molar refractivity (Wildman–Crippen MR) is 56.7 cm³/mol. The number of hydrogen-bond donors (Lipinski definition) is 1. The molecule has 0 aliphatic heterocycles. The van der Waals surface area contributed by atoms with Crippen LogP contribution in [0.1, 0.15) is 18.2 Å². The molecule has 0 aromatic carbocycles. The molecule has 0 saturated carbocycles. The van der Waals surface area contributed by atoms with E-state index in [1.54, 1.807) is 11.3 Å². The summed E-state index contributed by atoms with van der Waals surface area (Å²) in [4.78, 5) is 1.23. The van der Waals surface area contributed by atoms with Crippen LogP contribution >= 0.6 is 22.9 Å². The van der Waals surface area contributed by atoms with E-state index in [0.29, 0.717) is 6.54 Å². The van der Waals surface area contributed by atoms with Crippen LogP contribution in [0.15, 0.2) is 18.2 Å². The first-order chi connectivity index (χ1) is 5.74. The zero-order chi connectivity index (χ0) is 8.97. The van der Waals surface area contributed by atoms with E-state index in [4.69, 9.17) is 17.3 Å². The number of hydrogen-bond acceptors (Lipinski definition) is 2. The summed E-state index contributed by atoms with van der Waals surface area (Å²) >= 11 is 7.41. The Morgan fingerprint density at radius 2 is 2.42 bits per heavy atom. The number of nitrogens with two attached hydrogens (primary N) is 1. The van der Waals surface area contributed by atoms with Gasteiger partial charge in [-0.05, 0) is 37.6 Å². The zero-order valence-electron chi connectivity index (χ0n) is 7.01. The molecule has 0 amide bonds. The number of halogens is 1. The van der Waals surface area contributed by atoms with Gasteiger partial charge < -0.3 is 5.73 Å². The highest BCUT2D eigenvalue weighted by Gasteiger charge is 1.98. The van der Waals surface area contributed by atoms with E-state index in [1.165, 1.54) is 10.5 Å². The van der Waals surface area contributed by atoms with Crippen molar-refractivity contribution in [1.29, 1.82) is 0 Å². The van der Waals surface area contributed by atoms with Crippen molar-refractivity contribution >= 4 is 28.5 Å². The van der Waals surface area contributed by atoms with Crippen LogP contribution < -0.4 is 5.73 Å². The van der Waals surface area contributed by atoms with Crippen molar-refractivity contribution in [2.75, 3.05) is 6.54 Å². The van der Waals surface area contributed by atoms with Gasteiger partial charge in [0, 0.05) is 4.88 Å². The van der Waals surface area contributed by atoms with Crippen LogP contribution in [-0.2, 0) is 0 Å². The van der Waals surface area contributed by atoms with Crippen LogP contribution in [0.4, 0.5) is 0 Å². The molecule has 12 heavy (non-hydrogen) atoms. The van der Waals surface area contributed by atoms with Gasteiger partial charge in [-0.1, -0.05) is 17.7 Å². The summed E-state index contributed by atoms with van der Waals surface area (Å²) in [5, 5.41) is 0. The Morgan fingerprint density at radius 1 is 1.67 bits per heavy atom. The van der Waals surface area contributed by atoms with Gasteiger partial charge in [0.25, 0.3) is 0 Å². The molecule has 0 fully saturated rings. The van der Waals surface area contributed by atoms with Gasteiger partial charge >= 0.3 is 0 Å². The van der Waals surface area contributed by atoms with Crippen LogP contribution in [0, 0.1) is 0 Å². The summed E-state index contributed by atoms with van der Waals surface area (Å²) in [5.74, 6) is 0. The molecule has 2 N–H and O–H groups in total. The maximum Gasteiger partial charge on any atom is 0.0934 e. The maximum atomic E-state index is 5.81. The molecule has 1 rings (SSSR count). The number of thiophene rings is 1. The standard InChI is InChI=1S/C9H12ClNS/c1-7(3-2-6-11)8-4-5-9(10)12-8/h3-5H,2,6,11H2,1H3/b7-3+. The van der Waals surface area contributed by atoms with Crippen LogP contribution in [0.2, 0.25) is 4.34 Å². The first kappa shape index (κ1) is 9.78. The van der Waals surface area contributed by atoms with Crippen molar-refractivity contribution in [3.63, 3.8) is 0 Å². The number of rotatable bonds is 3. The molecule has 0 aliphatic rings. The van der Waals surface area contributed by atoms with E-state index in [9.17, 15) is 0 Å². The Morgan fingerprint density at radius 3 is 2.92 bits per heavy atom. The summed E-state index contributed by atoms with van der Waals surface area (Å²) in [5.41, 5.74) is 6.65. The van der Waals surface area contributed by atoms with Gasteiger partial charge in [-0.3, -0.25) is 0 Å². The molecule has 1 aromatic heterocycles. The summed E-state index contributed by atoms with van der Waals surface area (Å²) < 4.78 is 0.838. The lowest BCUT2D eigenvalue weighted by Crippen LogP contribution is -1.95. The summed E-state index contributed by atoms with van der Waals surface area (Å²) in [7, 11) is 0. The van der Waals surface area contributed by atoms with Gasteiger partial charge in [0.2, 0.25) is 0 Å². The molecule has 0 atom stereocenters. The Kier molecular flexibility index (Phi) is 3.79. The Hall–Kier alpha value is -0.310. The second-order valence-electron chi connectivity index (χ2n) is 2.57. The molecule has 0 spiro atoms. The first-order valence-electron chi connectivity index (χ1n) is 3.86. The molecular formula is C9H12ClNS.